The minimum atomic E-state index is -0.0488. The summed E-state index contributed by atoms with van der Waals surface area (Å²) in [6, 6.07) is 7.89. The van der Waals surface area contributed by atoms with Crippen LogP contribution in [0.4, 0.5) is 5.69 Å². The van der Waals surface area contributed by atoms with Crippen LogP contribution >= 0.6 is 0 Å². The van der Waals surface area contributed by atoms with Crippen molar-refractivity contribution in [2.24, 2.45) is 0 Å². The van der Waals surface area contributed by atoms with E-state index in [2.05, 4.69) is 15.6 Å². The Morgan fingerprint density at radius 2 is 2.45 bits per heavy atom. The molecule has 2 heterocycles. The van der Waals surface area contributed by atoms with Crippen molar-refractivity contribution < 1.29 is 4.79 Å². The van der Waals surface area contributed by atoms with Crippen molar-refractivity contribution in [3.63, 3.8) is 0 Å². The first-order chi connectivity index (χ1) is 9.81. The van der Waals surface area contributed by atoms with Crippen molar-refractivity contribution in [1.29, 1.82) is 0 Å². The van der Waals surface area contributed by atoms with E-state index in [1.54, 1.807) is 12.5 Å². The third kappa shape index (κ3) is 3.05. The zero-order valence-electron chi connectivity index (χ0n) is 11.2. The lowest BCUT2D eigenvalue weighted by molar-refractivity contribution is -0.117. The average Bonchev–Trinajstić information content (AvgIpc) is 3.12. The molecule has 0 bridgehead atoms. The smallest absolute Gasteiger partial charge is 0.241 e. The van der Waals surface area contributed by atoms with Crippen LogP contribution in [-0.4, -0.2) is 28.0 Å². The number of nitrogens with zero attached hydrogens (tertiary/aromatic N) is 2. The Balaban J connectivity index is 1.66. The first-order valence-electron chi connectivity index (χ1n) is 6.90. The van der Waals surface area contributed by atoms with Crippen molar-refractivity contribution in [2.75, 3.05) is 11.9 Å². The first kappa shape index (κ1) is 12.9. The van der Waals surface area contributed by atoms with Gasteiger partial charge in [0.15, 0.2) is 0 Å². The minimum absolute atomic E-state index is 0.0488. The normalized spacial score (nSPS) is 18.1. The van der Waals surface area contributed by atoms with E-state index in [1.165, 1.54) is 0 Å². The van der Waals surface area contributed by atoms with Gasteiger partial charge in [-0.1, -0.05) is 12.1 Å². The molecule has 0 unspecified atom stereocenters. The molecule has 1 fully saturated rings. The third-order valence-electron chi connectivity index (χ3n) is 3.50. The number of nitrogens with one attached hydrogen (secondary N) is 2. The second-order valence-corrected chi connectivity index (χ2v) is 5.07. The van der Waals surface area contributed by atoms with Crippen LogP contribution in [0, 0.1) is 0 Å². The fourth-order valence-corrected chi connectivity index (χ4v) is 2.48. The molecule has 1 amide bonds. The number of hydrogen-bond donors (Lipinski definition) is 2. The Labute approximate surface area is 118 Å². The molecule has 0 radical (unpaired) electrons. The van der Waals surface area contributed by atoms with E-state index < -0.39 is 0 Å². The molecule has 2 aromatic rings. The Morgan fingerprint density at radius 3 is 3.20 bits per heavy atom. The predicted molar refractivity (Wildman–Crippen MR) is 77.4 cm³/mol. The summed E-state index contributed by atoms with van der Waals surface area (Å²) in [5.74, 6) is 0.0577. The summed E-state index contributed by atoms with van der Waals surface area (Å²) < 4.78 is 2.00. The third-order valence-corrected chi connectivity index (χ3v) is 3.50. The van der Waals surface area contributed by atoms with Crippen LogP contribution in [0.3, 0.4) is 0 Å². The van der Waals surface area contributed by atoms with Crippen LogP contribution in [-0.2, 0) is 11.3 Å². The van der Waals surface area contributed by atoms with E-state index in [-0.39, 0.29) is 11.9 Å². The van der Waals surface area contributed by atoms with Crippen molar-refractivity contribution in [3.05, 3.63) is 48.5 Å². The van der Waals surface area contributed by atoms with Crippen molar-refractivity contribution in [1.82, 2.24) is 14.9 Å². The van der Waals surface area contributed by atoms with E-state index in [4.69, 9.17) is 0 Å². The zero-order chi connectivity index (χ0) is 13.8. The SMILES string of the molecule is O=C(Nc1cccc(Cn2ccnc2)c1)[C@@H]1CCCN1. The maximum Gasteiger partial charge on any atom is 0.241 e. The lowest BCUT2D eigenvalue weighted by Gasteiger charge is -2.12. The predicted octanol–water partition coefficient (Wildman–Crippen LogP) is 1.62. The molecule has 5 nitrogen and oxygen atoms in total. The van der Waals surface area contributed by atoms with Gasteiger partial charge in [-0.3, -0.25) is 4.79 Å². The summed E-state index contributed by atoms with van der Waals surface area (Å²) in [6.07, 6.45) is 7.46. The zero-order valence-corrected chi connectivity index (χ0v) is 11.2. The lowest BCUT2D eigenvalue weighted by atomic mass is 10.1. The van der Waals surface area contributed by atoms with Gasteiger partial charge in [-0.15, -0.1) is 0 Å². The Hall–Kier alpha value is -2.14. The quantitative estimate of drug-likeness (QED) is 0.887. The van der Waals surface area contributed by atoms with Crippen LogP contribution in [0.25, 0.3) is 0 Å². The Morgan fingerprint density at radius 1 is 1.50 bits per heavy atom. The molecule has 1 atom stereocenters. The number of rotatable bonds is 4. The average molecular weight is 270 g/mol. The van der Waals surface area contributed by atoms with Gasteiger partial charge in [0.1, 0.15) is 0 Å². The fourth-order valence-electron chi connectivity index (χ4n) is 2.48. The standard InChI is InChI=1S/C15H18N4O/c20-15(14-5-2-6-17-14)18-13-4-1-3-12(9-13)10-19-8-7-16-11-19/h1,3-4,7-9,11,14,17H,2,5-6,10H2,(H,18,20)/t14-/m0/s1. The van der Waals surface area contributed by atoms with Gasteiger partial charge in [0.05, 0.1) is 12.4 Å². The summed E-state index contributed by atoms with van der Waals surface area (Å²) in [5, 5.41) is 6.18. The second kappa shape index (κ2) is 5.88. The van der Waals surface area contributed by atoms with E-state index in [9.17, 15) is 4.79 Å². The van der Waals surface area contributed by atoms with Crippen molar-refractivity contribution >= 4 is 11.6 Å². The molecule has 5 heteroatoms. The van der Waals surface area contributed by atoms with Gasteiger partial charge < -0.3 is 15.2 Å². The number of aromatic nitrogens is 2. The van der Waals surface area contributed by atoms with Crippen LogP contribution in [0.5, 0.6) is 0 Å². The van der Waals surface area contributed by atoms with Crippen LogP contribution < -0.4 is 10.6 Å². The molecule has 1 aliphatic rings. The molecular weight excluding hydrogens is 252 g/mol. The molecule has 1 saturated heterocycles. The molecule has 0 saturated carbocycles. The van der Waals surface area contributed by atoms with E-state index >= 15 is 0 Å². The number of hydrogen-bond acceptors (Lipinski definition) is 3. The van der Waals surface area contributed by atoms with Crippen LogP contribution in [0.15, 0.2) is 43.0 Å². The van der Waals surface area contributed by atoms with Gasteiger partial charge in [0.25, 0.3) is 0 Å². The minimum Gasteiger partial charge on any atom is -0.333 e. The Bertz CT molecular complexity index is 573. The monoisotopic (exact) mass is 270 g/mol. The summed E-state index contributed by atoms with van der Waals surface area (Å²) in [7, 11) is 0. The van der Waals surface area contributed by atoms with Gasteiger partial charge in [-0.05, 0) is 37.1 Å². The van der Waals surface area contributed by atoms with Gasteiger partial charge in [-0.25, -0.2) is 4.98 Å². The summed E-state index contributed by atoms with van der Waals surface area (Å²) >= 11 is 0. The number of anilines is 1. The van der Waals surface area contributed by atoms with Crippen molar-refractivity contribution in [3.8, 4) is 0 Å². The van der Waals surface area contributed by atoms with Crippen LogP contribution in [0.1, 0.15) is 18.4 Å². The fraction of sp³-hybridized carbons (Fsp3) is 0.333. The van der Waals surface area contributed by atoms with Gasteiger partial charge in [-0.2, -0.15) is 0 Å². The largest absolute Gasteiger partial charge is 0.333 e. The van der Waals surface area contributed by atoms with Crippen molar-refractivity contribution in [2.45, 2.75) is 25.4 Å². The molecule has 2 N–H and O–H groups in total. The number of benzene rings is 1. The molecule has 1 aromatic carbocycles. The highest BCUT2D eigenvalue weighted by molar-refractivity contribution is 5.95. The molecule has 1 aliphatic heterocycles. The molecule has 0 aliphatic carbocycles. The van der Waals surface area contributed by atoms with E-state index in [1.807, 2.05) is 35.0 Å². The maximum atomic E-state index is 12.1. The van der Waals surface area contributed by atoms with E-state index in [0.717, 1.165) is 37.2 Å². The topological polar surface area (TPSA) is 59.0 Å². The van der Waals surface area contributed by atoms with E-state index in [0.29, 0.717) is 0 Å². The van der Waals surface area contributed by atoms with Crippen LogP contribution in [0.2, 0.25) is 0 Å². The second-order valence-electron chi connectivity index (χ2n) is 5.07. The maximum absolute atomic E-state index is 12.1. The molecule has 3 rings (SSSR count). The highest BCUT2D eigenvalue weighted by Crippen LogP contribution is 2.14. The molecule has 1 aromatic heterocycles. The molecule has 0 spiro atoms. The summed E-state index contributed by atoms with van der Waals surface area (Å²) in [6.45, 7) is 1.68. The highest BCUT2D eigenvalue weighted by atomic mass is 16.2. The summed E-state index contributed by atoms with van der Waals surface area (Å²) in [4.78, 5) is 16.1. The summed E-state index contributed by atoms with van der Waals surface area (Å²) in [5.41, 5.74) is 1.99. The molecule has 20 heavy (non-hydrogen) atoms. The van der Waals surface area contributed by atoms with Gasteiger partial charge in [0.2, 0.25) is 5.91 Å². The number of imidazole rings is 1. The molecule has 104 valence electrons. The number of amides is 1. The van der Waals surface area contributed by atoms with Gasteiger partial charge >= 0.3 is 0 Å². The molecular formula is C15H18N4O. The number of carbonyl (C=O) groups is 1. The first-order valence-corrected chi connectivity index (χ1v) is 6.90. The highest BCUT2D eigenvalue weighted by Gasteiger charge is 2.21. The lowest BCUT2D eigenvalue weighted by Crippen LogP contribution is -2.35. The Kier molecular flexibility index (Phi) is 3.78. The van der Waals surface area contributed by atoms with Gasteiger partial charge in [0, 0.05) is 24.6 Å². The number of carbonyl (C=O) groups excluding carboxylic acids is 1.